The van der Waals surface area contributed by atoms with Gasteiger partial charge in [-0.25, -0.2) is 4.21 Å². The Morgan fingerprint density at radius 1 is 1.38 bits per heavy atom. The smallest absolute Gasteiger partial charge is 0.306 e. The summed E-state index contributed by atoms with van der Waals surface area (Å²) < 4.78 is 28.3. The summed E-state index contributed by atoms with van der Waals surface area (Å²) in [4.78, 5) is 25.2. The zero-order valence-corrected chi connectivity index (χ0v) is 15.5. The topological polar surface area (TPSA) is 107 Å². The molecule has 1 amide bonds. The number of carbonyl (C=O) groups excluding carboxylic acids is 1. The Balaban J connectivity index is 2.03. The first-order valence-corrected chi connectivity index (χ1v) is 9.48. The fourth-order valence-corrected chi connectivity index (χ4v) is 3.81. The molecule has 2 N–H and O–H groups in total. The number of likely N-dealkylation sites (tertiary alicyclic amines) is 1. The van der Waals surface area contributed by atoms with Crippen molar-refractivity contribution in [2.75, 3.05) is 19.6 Å². The van der Waals surface area contributed by atoms with E-state index in [1.165, 1.54) is 10.4 Å². The van der Waals surface area contributed by atoms with Crippen LogP contribution in [0.4, 0.5) is 0 Å². The molecule has 0 aromatic heterocycles. The highest BCUT2D eigenvalue weighted by molar-refractivity contribution is 7.76. The number of piperidine rings is 1. The molecule has 2 unspecified atom stereocenters. The van der Waals surface area contributed by atoms with Crippen LogP contribution in [0.25, 0.3) is 0 Å². The van der Waals surface area contributed by atoms with E-state index >= 15 is 0 Å². The van der Waals surface area contributed by atoms with Gasteiger partial charge in [-0.1, -0.05) is 18.7 Å². The second kappa shape index (κ2) is 9.00. The SMILES string of the molecule is C=C/C=C1/OC(CC(=O)N2CCC(C(=O)O)CC2)CN(S(=O)O)/C1=C/C. The van der Waals surface area contributed by atoms with E-state index in [1.54, 1.807) is 24.0 Å². The zero-order valence-electron chi connectivity index (χ0n) is 14.7. The Bertz CT molecular complexity index is 652. The van der Waals surface area contributed by atoms with Gasteiger partial charge in [-0.3, -0.25) is 18.4 Å². The van der Waals surface area contributed by atoms with E-state index in [2.05, 4.69) is 6.58 Å². The average molecular weight is 384 g/mol. The quantitative estimate of drug-likeness (QED) is 0.696. The van der Waals surface area contributed by atoms with Crippen molar-refractivity contribution in [3.8, 4) is 0 Å². The summed E-state index contributed by atoms with van der Waals surface area (Å²) in [5, 5.41) is 9.03. The summed E-state index contributed by atoms with van der Waals surface area (Å²) in [6, 6.07) is 0. The summed E-state index contributed by atoms with van der Waals surface area (Å²) in [5.41, 5.74) is 0.469. The first kappa shape index (κ1) is 20.2. The maximum atomic E-state index is 12.5. The van der Waals surface area contributed by atoms with Crippen LogP contribution in [0.1, 0.15) is 26.2 Å². The number of aliphatic carboxylic acids is 1. The van der Waals surface area contributed by atoms with E-state index in [1.807, 2.05) is 0 Å². The first-order chi connectivity index (χ1) is 12.4. The molecular formula is C17H24N2O6S. The zero-order chi connectivity index (χ0) is 19.3. The third kappa shape index (κ3) is 4.73. The number of ether oxygens (including phenoxy) is 1. The lowest BCUT2D eigenvalue weighted by Crippen LogP contribution is -2.45. The predicted molar refractivity (Wildman–Crippen MR) is 95.9 cm³/mol. The second-order valence-electron chi connectivity index (χ2n) is 6.17. The fraction of sp³-hybridized carbons (Fsp3) is 0.529. The van der Waals surface area contributed by atoms with E-state index in [0.717, 1.165) is 0 Å². The number of carboxylic acid groups (broad SMARTS) is 1. The third-order valence-electron chi connectivity index (χ3n) is 4.51. The number of rotatable bonds is 5. The van der Waals surface area contributed by atoms with Crippen LogP contribution in [0.15, 0.2) is 36.3 Å². The Morgan fingerprint density at radius 2 is 2.04 bits per heavy atom. The molecule has 2 heterocycles. The van der Waals surface area contributed by atoms with Crippen molar-refractivity contribution >= 4 is 23.1 Å². The molecule has 2 fully saturated rings. The second-order valence-corrected chi connectivity index (χ2v) is 7.07. The van der Waals surface area contributed by atoms with Crippen molar-refractivity contribution in [2.45, 2.75) is 32.3 Å². The number of nitrogens with zero attached hydrogens (tertiary/aromatic N) is 2. The maximum Gasteiger partial charge on any atom is 0.306 e. The fourth-order valence-electron chi connectivity index (χ4n) is 3.16. The lowest BCUT2D eigenvalue weighted by Gasteiger charge is -2.37. The molecule has 2 rings (SSSR count). The molecule has 144 valence electrons. The molecule has 9 heteroatoms. The van der Waals surface area contributed by atoms with Gasteiger partial charge in [0.15, 0.2) is 0 Å². The van der Waals surface area contributed by atoms with Crippen LogP contribution in [-0.4, -0.2) is 60.7 Å². The molecular weight excluding hydrogens is 360 g/mol. The van der Waals surface area contributed by atoms with E-state index < -0.39 is 29.3 Å². The van der Waals surface area contributed by atoms with Gasteiger partial charge in [0, 0.05) is 13.1 Å². The summed E-state index contributed by atoms with van der Waals surface area (Å²) in [6.07, 6.45) is 5.11. The van der Waals surface area contributed by atoms with Crippen LogP contribution in [0.3, 0.4) is 0 Å². The molecule has 0 saturated carbocycles. The Kier molecular flexibility index (Phi) is 6.98. The molecule has 0 aromatic rings. The highest BCUT2D eigenvalue weighted by atomic mass is 32.2. The van der Waals surface area contributed by atoms with E-state index in [4.69, 9.17) is 9.84 Å². The molecule has 2 aliphatic rings. The van der Waals surface area contributed by atoms with Gasteiger partial charge in [0.1, 0.15) is 11.9 Å². The number of amides is 1. The van der Waals surface area contributed by atoms with Crippen LogP contribution in [0.5, 0.6) is 0 Å². The molecule has 2 aliphatic heterocycles. The van der Waals surface area contributed by atoms with E-state index in [-0.39, 0.29) is 18.9 Å². The van der Waals surface area contributed by atoms with Crippen LogP contribution < -0.4 is 0 Å². The average Bonchev–Trinajstić information content (AvgIpc) is 2.61. The third-order valence-corrected chi connectivity index (χ3v) is 5.24. The minimum absolute atomic E-state index is 0.0525. The van der Waals surface area contributed by atoms with Gasteiger partial charge >= 0.3 is 5.97 Å². The lowest BCUT2D eigenvalue weighted by molar-refractivity contribution is -0.146. The molecule has 0 aromatic carbocycles. The Hall–Kier alpha value is -2.13. The number of carboxylic acids is 1. The number of allylic oxidation sites excluding steroid dienone is 3. The first-order valence-electron chi connectivity index (χ1n) is 8.42. The highest BCUT2D eigenvalue weighted by Crippen LogP contribution is 2.28. The molecule has 2 saturated heterocycles. The number of carbonyl (C=O) groups is 2. The largest absolute Gasteiger partial charge is 0.486 e. The van der Waals surface area contributed by atoms with Gasteiger partial charge in [0.2, 0.25) is 5.91 Å². The van der Waals surface area contributed by atoms with Gasteiger partial charge in [-0.2, -0.15) is 0 Å². The number of morpholine rings is 1. The molecule has 0 spiro atoms. The predicted octanol–water partition coefficient (Wildman–Crippen LogP) is 1.51. The van der Waals surface area contributed by atoms with Crippen LogP contribution in [0.2, 0.25) is 0 Å². The van der Waals surface area contributed by atoms with Crippen molar-refractivity contribution in [2.24, 2.45) is 5.92 Å². The van der Waals surface area contributed by atoms with E-state index in [0.29, 0.717) is 37.4 Å². The summed E-state index contributed by atoms with van der Waals surface area (Å²) in [5.74, 6) is -0.994. The van der Waals surface area contributed by atoms with Crippen molar-refractivity contribution < 1.29 is 28.2 Å². The maximum absolute atomic E-state index is 12.5. The number of hydrogen-bond donors (Lipinski definition) is 2. The Morgan fingerprint density at radius 3 is 2.54 bits per heavy atom. The molecule has 0 aliphatic carbocycles. The van der Waals surface area contributed by atoms with Crippen LogP contribution in [0, 0.1) is 5.92 Å². The van der Waals surface area contributed by atoms with Crippen molar-refractivity contribution in [1.82, 2.24) is 9.21 Å². The Labute approximate surface area is 155 Å². The van der Waals surface area contributed by atoms with Gasteiger partial charge in [0.05, 0.1) is 24.6 Å². The molecule has 0 radical (unpaired) electrons. The standard InChI is InChI=1S/C17H24N2O6S/c1-3-5-15-14(4-2)19(26(23)24)11-13(25-15)10-16(20)18-8-6-12(7-9-18)17(21)22/h3-5,12-13H,1,6-11H2,2H3,(H,21,22)(H,23,24)/b14-4+,15-5+. The normalized spacial score (nSPS) is 25.8. The van der Waals surface area contributed by atoms with Crippen molar-refractivity contribution in [1.29, 1.82) is 0 Å². The van der Waals surface area contributed by atoms with Gasteiger partial charge in [0.25, 0.3) is 11.3 Å². The highest BCUT2D eigenvalue weighted by Gasteiger charge is 2.34. The lowest BCUT2D eigenvalue weighted by atomic mass is 9.97. The molecule has 8 nitrogen and oxygen atoms in total. The molecule has 2 atom stereocenters. The van der Waals surface area contributed by atoms with Crippen LogP contribution in [-0.2, 0) is 25.6 Å². The molecule has 0 bridgehead atoms. The number of hydrogen-bond acceptors (Lipinski definition) is 4. The molecule has 26 heavy (non-hydrogen) atoms. The summed E-state index contributed by atoms with van der Waals surface area (Å²) >= 11 is -2.24. The van der Waals surface area contributed by atoms with Crippen molar-refractivity contribution in [3.05, 3.63) is 36.3 Å². The van der Waals surface area contributed by atoms with Gasteiger partial charge in [-0.15, -0.1) is 0 Å². The van der Waals surface area contributed by atoms with Crippen LogP contribution >= 0.6 is 0 Å². The summed E-state index contributed by atoms with van der Waals surface area (Å²) in [6.45, 7) is 6.24. The monoisotopic (exact) mass is 384 g/mol. The van der Waals surface area contributed by atoms with E-state index in [9.17, 15) is 18.4 Å². The van der Waals surface area contributed by atoms with Crippen molar-refractivity contribution in [3.63, 3.8) is 0 Å². The minimum Gasteiger partial charge on any atom is -0.486 e. The minimum atomic E-state index is -2.24. The van der Waals surface area contributed by atoms with Gasteiger partial charge < -0.3 is 14.7 Å². The summed E-state index contributed by atoms with van der Waals surface area (Å²) in [7, 11) is 0. The van der Waals surface area contributed by atoms with Gasteiger partial charge in [-0.05, 0) is 25.8 Å².